The number of nitrogen functional groups attached to an aromatic ring is 1. The van der Waals surface area contributed by atoms with Crippen molar-refractivity contribution < 1.29 is 13.6 Å². The minimum Gasteiger partial charge on any atom is -0.368 e. The van der Waals surface area contributed by atoms with Crippen molar-refractivity contribution >= 4 is 46.3 Å². The molecule has 5 rings (SSSR count). The molecule has 3 heterocycles. The Labute approximate surface area is 221 Å². The second-order valence-corrected chi connectivity index (χ2v) is 11.0. The van der Waals surface area contributed by atoms with E-state index in [0.717, 1.165) is 5.01 Å². The largest absolute Gasteiger partial charge is 0.368 e. The zero-order valence-corrected chi connectivity index (χ0v) is 21.9. The van der Waals surface area contributed by atoms with Crippen LogP contribution in [-0.4, -0.2) is 34.1 Å². The molecule has 0 unspecified atom stereocenters. The monoisotopic (exact) mass is 540 g/mol. The maximum atomic E-state index is 16.1. The highest BCUT2D eigenvalue weighted by Crippen LogP contribution is 2.43. The third-order valence-electron chi connectivity index (χ3n) is 5.92. The Bertz CT molecular complexity index is 1520. The minimum absolute atomic E-state index is 0.0883. The lowest BCUT2D eigenvalue weighted by Gasteiger charge is -2.20. The smallest absolute Gasteiger partial charge is 0.329 e. The van der Waals surface area contributed by atoms with E-state index in [4.69, 9.17) is 22.3 Å². The lowest BCUT2D eigenvalue weighted by molar-refractivity contribution is 0.255. The lowest BCUT2D eigenvalue weighted by Crippen LogP contribution is -2.32. The Morgan fingerprint density at radius 3 is 2.51 bits per heavy atom. The van der Waals surface area contributed by atoms with E-state index in [1.807, 2.05) is 20.8 Å². The summed E-state index contributed by atoms with van der Waals surface area (Å²) in [6, 6.07) is 10.2. The number of thiazole rings is 1. The first kappa shape index (κ1) is 25.0. The van der Waals surface area contributed by atoms with E-state index < -0.39 is 17.7 Å². The van der Waals surface area contributed by atoms with Gasteiger partial charge in [0.25, 0.3) is 0 Å². The molecule has 37 heavy (non-hydrogen) atoms. The summed E-state index contributed by atoms with van der Waals surface area (Å²) in [7, 11) is 0. The van der Waals surface area contributed by atoms with E-state index in [1.54, 1.807) is 24.3 Å². The molecule has 0 radical (unpaired) electrons. The van der Waals surface area contributed by atoms with Gasteiger partial charge in [0.15, 0.2) is 5.82 Å². The summed E-state index contributed by atoms with van der Waals surface area (Å²) in [5.41, 5.74) is 7.38. The Hall–Kier alpha value is -3.63. The summed E-state index contributed by atoms with van der Waals surface area (Å²) in [5.74, 6) is -1.04. The Kier molecular flexibility index (Phi) is 6.33. The number of carbonyl (C=O) groups excluding carboxylic acids is 1. The molecule has 190 valence electrons. The van der Waals surface area contributed by atoms with Crippen LogP contribution in [0, 0.1) is 11.6 Å². The van der Waals surface area contributed by atoms with E-state index in [0.29, 0.717) is 34.1 Å². The number of nitrogens with zero attached hydrogens (tertiary/aromatic N) is 5. The Morgan fingerprint density at radius 2 is 1.81 bits per heavy atom. The lowest BCUT2D eigenvalue weighted by atomic mass is 9.98. The van der Waals surface area contributed by atoms with Crippen LogP contribution in [0.25, 0.3) is 21.8 Å². The number of hydrogen-bond donors (Lipinski definition) is 1. The summed E-state index contributed by atoms with van der Waals surface area (Å²) in [5, 5.41) is 0.714. The molecule has 1 saturated heterocycles. The van der Waals surface area contributed by atoms with Crippen LogP contribution in [0.2, 0.25) is 5.02 Å². The normalized spacial score (nSPS) is 14.1. The summed E-state index contributed by atoms with van der Waals surface area (Å²) in [4.78, 5) is 29.7. The predicted molar refractivity (Wildman–Crippen MR) is 143 cm³/mol. The number of anilines is 3. The third kappa shape index (κ3) is 4.62. The van der Waals surface area contributed by atoms with Gasteiger partial charge in [-0.05, 0) is 30.3 Å². The molecule has 1 aliphatic heterocycles. The number of urea groups is 1. The van der Waals surface area contributed by atoms with Crippen LogP contribution in [0.15, 0.2) is 48.7 Å². The van der Waals surface area contributed by atoms with Crippen LogP contribution >= 0.6 is 22.9 Å². The second kappa shape index (κ2) is 9.35. The number of aromatic nitrogens is 3. The van der Waals surface area contributed by atoms with Gasteiger partial charge < -0.3 is 5.73 Å². The molecule has 0 atom stereocenters. The van der Waals surface area contributed by atoms with Crippen LogP contribution in [0.3, 0.4) is 0 Å². The minimum atomic E-state index is -0.576. The molecule has 0 spiro atoms. The fraction of sp³-hybridized carbons (Fsp3) is 0.231. The molecule has 2 N–H and O–H groups in total. The van der Waals surface area contributed by atoms with Crippen molar-refractivity contribution in [3.05, 3.63) is 70.3 Å². The van der Waals surface area contributed by atoms with Gasteiger partial charge in [-0.3, -0.25) is 9.80 Å². The van der Waals surface area contributed by atoms with E-state index in [2.05, 4.69) is 9.97 Å². The van der Waals surface area contributed by atoms with Crippen LogP contribution in [0.5, 0.6) is 0 Å². The molecule has 1 aliphatic rings. The van der Waals surface area contributed by atoms with Crippen LogP contribution in [-0.2, 0) is 5.41 Å². The highest BCUT2D eigenvalue weighted by molar-refractivity contribution is 7.15. The molecule has 7 nitrogen and oxygen atoms in total. The Morgan fingerprint density at radius 1 is 1.05 bits per heavy atom. The first-order chi connectivity index (χ1) is 17.5. The molecule has 2 amide bonds. The van der Waals surface area contributed by atoms with Gasteiger partial charge in [-0.25, -0.2) is 28.5 Å². The van der Waals surface area contributed by atoms with Gasteiger partial charge in [-0.1, -0.05) is 44.5 Å². The molecule has 0 aliphatic carbocycles. The zero-order valence-electron chi connectivity index (χ0n) is 20.3. The molecule has 0 saturated carbocycles. The fourth-order valence-electron chi connectivity index (χ4n) is 4.06. The van der Waals surface area contributed by atoms with Gasteiger partial charge in [0.2, 0.25) is 5.95 Å². The van der Waals surface area contributed by atoms with E-state index in [1.165, 1.54) is 45.5 Å². The molecule has 1 fully saturated rings. The van der Waals surface area contributed by atoms with Crippen LogP contribution in [0.1, 0.15) is 25.8 Å². The Balaban J connectivity index is 1.57. The number of halogens is 3. The second-order valence-electron chi connectivity index (χ2n) is 9.57. The molecule has 0 bridgehead atoms. The maximum Gasteiger partial charge on any atom is 0.329 e. The quantitative estimate of drug-likeness (QED) is 0.318. The number of carbonyl (C=O) groups is 1. The van der Waals surface area contributed by atoms with Crippen molar-refractivity contribution in [2.75, 3.05) is 28.6 Å². The molecule has 2 aromatic carbocycles. The van der Waals surface area contributed by atoms with Crippen molar-refractivity contribution in [1.29, 1.82) is 0 Å². The van der Waals surface area contributed by atoms with Crippen LogP contribution < -0.4 is 15.5 Å². The van der Waals surface area contributed by atoms with E-state index in [9.17, 15) is 9.18 Å². The van der Waals surface area contributed by atoms with Gasteiger partial charge in [0.1, 0.15) is 11.5 Å². The standard InChI is InChI=1S/C26H23ClF2N6OS/c1-26(2,3)23-33-21(18-9-10-31-24(30)32-18)22(37-23)15-5-4-6-19(20(15)29)35-12-11-34(25(35)36)14-7-8-17(28)16(27)13-14/h4-10,13H,11-12H2,1-3H3,(H2,30,31,32). The molecule has 2 aromatic heterocycles. The predicted octanol–water partition coefficient (Wildman–Crippen LogP) is 6.53. The van der Waals surface area contributed by atoms with Crippen molar-refractivity contribution in [3.8, 4) is 21.8 Å². The number of amides is 2. The van der Waals surface area contributed by atoms with Gasteiger partial charge in [-0.15, -0.1) is 11.3 Å². The first-order valence-corrected chi connectivity index (χ1v) is 12.7. The topological polar surface area (TPSA) is 88.2 Å². The average Bonchev–Trinajstić information content (AvgIpc) is 3.46. The van der Waals surface area contributed by atoms with Crippen molar-refractivity contribution in [2.45, 2.75) is 26.2 Å². The fourth-order valence-corrected chi connectivity index (χ4v) is 5.39. The van der Waals surface area contributed by atoms with Crippen molar-refractivity contribution in [1.82, 2.24) is 15.0 Å². The van der Waals surface area contributed by atoms with Gasteiger partial charge in [0, 0.05) is 36.0 Å². The average molecular weight is 541 g/mol. The number of nitrogens with two attached hydrogens (primary N) is 1. The SMILES string of the molecule is CC(C)(C)c1nc(-c2ccnc(N)n2)c(-c2cccc(N3CCN(c4ccc(F)c(Cl)c4)C3=O)c2F)s1. The van der Waals surface area contributed by atoms with E-state index in [-0.39, 0.29) is 28.6 Å². The van der Waals surface area contributed by atoms with Crippen molar-refractivity contribution in [2.24, 2.45) is 0 Å². The third-order valence-corrected chi connectivity index (χ3v) is 7.73. The van der Waals surface area contributed by atoms with Gasteiger partial charge in [0.05, 0.1) is 26.3 Å². The van der Waals surface area contributed by atoms with Crippen LogP contribution in [0.4, 0.5) is 30.9 Å². The van der Waals surface area contributed by atoms with E-state index >= 15 is 4.39 Å². The summed E-state index contributed by atoms with van der Waals surface area (Å²) in [6.45, 7) is 6.63. The maximum absolute atomic E-state index is 16.1. The summed E-state index contributed by atoms with van der Waals surface area (Å²) in [6.07, 6.45) is 1.53. The summed E-state index contributed by atoms with van der Waals surface area (Å²) < 4.78 is 29.8. The molecular weight excluding hydrogens is 518 g/mol. The molecule has 4 aromatic rings. The number of rotatable bonds is 4. The highest BCUT2D eigenvalue weighted by Gasteiger charge is 2.34. The molecular formula is C26H23ClF2N6OS. The number of benzene rings is 2. The summed E-state index contributed by atoms with van der Waals surface area (Å²) >= 11 is 7.28. The van der Waals surface area contributed by atoms with Gasteiger partial charge in [-0.2, -0.15) is 0 Å². The molecule has 11 heteroatoms. The highest BCUT2D eigenvalue weighted by atomic mass is 35.5. The number of hydrogen-bond acceptors (Lipinski definition) is 6. The zero-order chi connectivity index (χ0) is 26.5. The van der Waals surface area contributed by atoms with Crippen molar-refractivity contribution in [3.63, 3.8) is 0 Å². The van der Waals surface area contributed by atoms with Gasteiger partial charge >= 0.3 is 6.03 Å². The first-order valence-electron chi connectivity index (χ1n) is 11.5.